The summed E-state index contributed by atoms with van der Waals surface area (Å²) in [7, 11) is 4.90. The maximum atomic E-state index is 14.0. The fraction of sp³-hybridized carbons (Fsp3) is 0.367. The number of nitriles is 1. The molecule has 40 heavy (non-hydrogen) atoms. The minimum absolute atomic E-state index is 0.136. The Balaban J connectivity index is 1.54. The average Bonchev–Trinajstić information content (AvgIpc) is 3.36. The zero-order chi connectivity index (χ0) is 28.2. The number of carbonyl (C=O) groups excluding carboxylic acids is 2. The summed E-state index contributed by atoms with van der Waals surface area (Å²) in [5.41, 5.74) is 3.64. The van der Waals surface area contributed by atoms with E-state index in [1.807, 2.05) is 41.3 Å². The molecule has 1 unspecified atom stereocenters. The Morgan fingerprint density at radius 3 is 2.48 bits per heavy atom. The number of hydrogen-bond acceptors (Lipinski definition) is 7. The first-order valence-corrected chi connectivity index (χ1v) is 13.1. The van der Waals surface area contributed by atoms with Crippen LogP contribution < -0.4 is 14.2 Å². The van der Waals surface area contributed by atoms with Gasteiger partial charge in [0.2, 0.25) is 5.91 Å². The molecule has 0 saturated heterocycles. The molecule has 4 heterocycles. The van der Waals surface area contributed by atoms with E-state index in [9.17, 15) is 14.9 Å². The lowest BCUT2D eigenvalue weighted by molar-refractivity contribution is -0.134. The predicted molar refractivity (Wildman–Crippen MR) is 146 cm³/mol. The monoisotopic (exact) mass is 544 g/mol. The quantitative estimate of drug-likeness (QED) is 0.467. The molecule has 1 atom stereocenters. The van der Waals surface area contributed by atoms with Crippen molar-refractivity contribution in [3.05, 3.63) is 76.6 Å². The summed E-state index contributed by atoms with van der Waals surface area (Å²) in [6, 6.07) is 14.8. The fourth-order valence-electron chi connectivity index (χ4n) is 5.32. The number of aryl methyl sites for hydroxylation is 1. The number of amides is 2. The van der Waals surface area contributed by atoms with Crippen LogP contribution in [0.4, 0.5) is 0 Å². The van der Waals surface area contributed by atoms with Crippen molar-refractivity contribution in [3.63, 3.8) is 0 Å². The third-order valence-corrected chi connectivity index (χ3v) is 7.36. The van der Waals surface area contributed by atoms with Gasteiger partial charge >= 0.3 is 0 Å². The van der Waals surface area contributed by atoms with Crippen molar-refractivity contribution in [2.75, 3.05) is 53.7 Å². The van der Waals surface area contributed by atoms with Crippen molar-refractivity contribution < 1.29 is 28.5 Å². The molecule has 0 radical (unpaired) electrons. The second-order valence-electron chi connectivity index (χ2n) is 9.74. The van der Waals surface area contributed by atoms with Crippen LogP contribution >= 0.6 is 0 Å². The molecule has 0 saturated carbocycles. The molecule has 1 aromatic heterocycles. The summed E-state index contributed by atoms with van der Waals surface area (Å²) in [4.78, 5) is 30.9. The van der Waals surface area contributed by atoms with Crippen molar-refractivity contribution in [2.24, 2.45) is 7.05 Å². The van der Waals surface area contributed by atoms with Gasteiger partial charge in [0.15, 0.2) is 11.5 Å². The number of carbonyl (C=O) groups is 2. The van der Waals surface area contributed by atoms with E-state index in [0.29, 0.717) is 54.7 Å². The molecule has 3 aliphatic rings. The van der Waals surface area contributed by atoms with Crippen LogP contribution in [-0.2, 0) is 23.0 Å². The van der Waals surface area contributed by atoms with Gasteiger partial charge in [-0.05, 0) is 53.4 Å². The number of benzene rings is 2. The first-order chi connectivity index (χ1) is 19.4. The molecule has 2 aromatic carbocycles. The van der Waals surface area contributed by atoms with Gasteiger partial charge in [0.05, 0.1) is 39.0 Å². The lowest BCUT2D eigenvalue weighted by Gasteiger charge is -2.39. The van der Waals surface area contributed by atoms with E-state index in [2.05, 4.69) is 6.07 Å². The molecular formula is C30H32N4O6. The second kappa shape index (κ2) is 11.7. The van der Waals surface area contributed by atoms with E-state index in [0.717, 1.165) is 16.7 Å². The highest BCUT2D eigenvalue weighted by Gasteiger charge is 2.35. The van der Waals surface area contributed by atoms with Gasteiger partial charge < -0.3 is 33.3 Å². The van der Waals surface area contributed by atoms with E-state index in [4.69, 9.17) is 18.9 Å². The van der Waals surface area contributed by atoms with Gasteiger partial charge in [-0.3, -0.25) is 9.59 Å². The topological polar surface area (TPSA) is 106 Å². The smallest absolute Gasteiger partial charge is 0.271 e. The van der Waals surface area contributed by atoms with E-state index in [-0.39, 0.29) is 31.5 Å². The summed E-state index contributed by atoms with van der Waals surface area (Å²) in [6.45, 7) is 1.46. The van der Waals surface area contributed by atoms with Crippen LogP contribution in [0.15, 0.2) is 48.7 Å². The molecule has 10 nitrogen and oxygen atoms in total. The van der Waals surface area contributed by atoms with Crippen LogP contribution in [0.5, 0.6) is 17.2 Å². The highest BCUT2D eigenvalue weighted by atomic mass is 16.5. The first-order valence-electron chi connectivity index (χ1n) is 13.1. The number of aromatic nitrogens is 1. The standard InChI is InChI=1S/C30H32N4O6/c1-32-18-20(17-31)14-25(32)30(36)33-10-11-39-12-13-40-23-6-4-21(5-7-23)29-24-16-27(38-3)26(37-2)15-22(24)8-9-34(29)28(35)19-33/h4-7,14-16,18,29H,8-13,19H2,1-3H3. The van der Waals surface area contributed by atoms with Crippen LogP contribution in [0.3, 0.4) is 0 Å². The third-order valence-electron chi connectivity index (χ3n) is 7.36. The Labute approximate surface area is 233 Å². The molecule has 6 rings (SSSR count). The first kappa shape index (κ1) is 27.1. The number of methoxy groups -OCH3 is 2. The van der Waals surface area contributed by atoms with E-state index < -0.39 is 6.04 Å². The SMILES string of the molecule is COc1cc2c(cc1OC)C1c3ccc(cc3)OCCOCCN(C(=O)c3cc(C#N)cn3C)CC(=O)N1CC2. The van der Waals surface area contributed by atoms with Crippen LogP contribution in [0.1, 0.15) is 38.8 Å². The molecular weight excluding hydrogens is 512 g/mol. The lowest BCUT2D eigenvalue weighted by Crippen LogP contribution is -2.48. The largest absolute Gasteiger partial charge is 0.493 e. The van der Waals surface area contributed by atoms with Gasteiger partial charge in [0.1, 0.15) is 30.7 Å². The van der Waals surface area contributed by atoms with Gasteiger partial charge in [0, 0.05) is 26.3 Å². The Morgan fingerprint density at radius 1 is 1.02 bits per heavy atom. The number of ether oxygens (including phenoxy) is 4. The fourth-order valence-corrected chi connectivity index (χ4v) is 5.32. The summed E-state index contributed by atoms with van der Waals surface area (Å²) in [5.74, 6) is 1.39. The van der Waals surface area contributed by atoms with E-state index in [1.54, 1.807) is 32.0 Å². The summed E-state index contributed by atoms with van der Waals surface area (Å²) in [5, 5.41) is 9.31. The molecule has 2 amide bonds. The highest BCUT2D eigenvalue weighted by molar-refractivity contribution is 5.96. The molecule has 208 valence electrons. The molecule has 3 aliphatic heterocycles. The van der Waals surface area contributed by atoms with Gasteiger partial charge in [0.25, 0.3) is 5.91 Å². The van der Waals surface area contributed by atoms with Gasteiger partial charge in [-0.15, -0.1) is 0 Å². The molecule has 2 bridgehead atoms. The zero-order valence-electron chi connectivity index (χ0n) is 22.9. The summed E-state index contributed by atoms with van der Waals surface area (Å²) in [6.07, 6.45) is 2.22. The number of hydrogen-bond donors (Lipinski definition) is 0. The average molecular weight is 545 g/mol. The van der Waals surface area contributed by atoms with Crippen LogP contribution in [0.2, 0.25) is 0 Å². The second-order valence-corrected chi connectivity index (χ2v) is 9.74. The lowest BCUT2D eigenvalue weighted by atomic mass is 9.87. The minimum atomic E-state index is -0.399. The van der Waals surface area contributed by atoms with Gasteiger partial charge in [-0.2, -0.15) is 5.26 Å². The predicted octanol–water partition coefficient (Wildman–Crippen LogP) is 2.94. The van der Waals surface area contributed by atoms with Crippen molar-refractivity contribution in [2.45, 2.75) is 12.5 Å². The van der Waals surface area contributed by atoms with Crippen molar-refractivity contribution in [3.8, 4) is 23.3 Å². The minimum Gasteiger partial charge on any atom is -0.493 e. The normalized spacial score (nSPS) is 17.6. The van der Waals surface area contributed by atoms with Crippen molar-refractivity contribution >= 4 is 11.8 Å². The molecule has 0 spiro atoms. The Bertz CT molecular complexity index is 1440. The molecule has 0 aliphatic carbocycles. The van der Waals surface area contributed by atoms with Gasteiger partial charge in [-0.25, -0.2) is 0 Å². The summed E-state index contributed by atoms with van der Waals surface area (Å²) < 4.78 is 24.3. The Hall–Kier alpha value is -4.49. The highest BCUT2D eigenvalue weighted by Crippen LogP contribution is 2.41. The maximum Gasteiger partial charge on any atom is 0.271 e. The van der Waals surface area contributed by atoms with Gasteiger partial charge in [-0.1, -0.05) is 12.1 Å². The van der Waals surface area contributed by atoms with E-state index >= 15 is 0 Å². The van der Waals surface area contributed by atoms with Crippen molar-refractivity contribution in [1.82, 2.24) is 14.4 Å². The third kappa shape index (κ3) is 5.33. The van der Waals surface area contributed by atoms with Crippen molar-refractivity contribution in [1.29, 1.82) is 5.26 Å². The maximum absolute atomic E-state index is 14.0. The number of rotatable bonds is 3. The molecule has 3 aromatic rings. The molecule has 0 fully saturated rings. The Morgan fingerprint density at radius 2 is 1.77 bits per heavy atom. The van der Waals surface area contributed by atoms with Crippen LogP contribution in [-0.4, -0.2) is 79.9 Å². The molecule has 10 heteroatoms. The number of fused-ring (bicyclic) bond motifs is 11. The van der Waals surface area contributed by atoms with Crippen LogP contribution in [0.25, 0.3) is 0 Å². The summed E-state index contributed by atoms with van der Waals surface area (Å²) >= 11 is 0. The zero-order valence-corrected chi connectivity index (χ0v) is 22.9. The number of nitrogens with zero attached hydrogens (tertiary/aromatic N) is 4. The molecule has 0 N–H and O–H groups in total. The van der Waals surface area contributed by atoms with E-state index in [1.165, 1.54) is 11.0 Å². The van der Waals surface area contributed by atoms with Crippen LogP contribution in [0, 0.1) is 11.3 Å². The Kier molecular flexibility index (Phi) is 7.94.